The highest BCUT2D eigenvalue weighted by Gasteiger charge is 2.31. The minimum absolute atomic E-state index is 0.00240. The predicted molar refractivity (Wildman–Crippen MR) is 90.5 cm³/mol. The van der Waals surface area contributed by atoms with Crippen LogP contribution in [0.3, 0.4) is 0 Å². The van der Waals surface area contributed by atoms with Crippen molar-refractivity contribution in [1.29, 1.82) is 0 Å². The third-order valence-corrected chi connectivity index (χ3v) is 4.35. The van der Waals surface area contributed by atoms with Crippen molar-refractivity contribution >= 4 is 5.91 Å². The van der Waals surface area contributed by atoms with E-state index in [9.17, 15) is 9.59 Å². The van der Waals surface area contributed by atoms with Gasteiger partial charge in [0.2, 0.25) is 0 Å². The molecule has 2 aromatic rings. The Hall–Kier alpha value is -2.62. The fourth-order valence-corrected chi connectivity index (χ4v) is 3.24. The van der Waals surface area contributed by atoms with Crippen LogP contribution in [0.5, 0.6) is 0 Å². The van der Waals surface area contributed by atoms with E-state index < -0.39 is 0 Å². The summed E-state index contributed by atoms with van der Waals surface area (Å²) in [6.07, 6.45) is 3.54. The lowest BCUT2D eigenvalue weighted by atomic mass is 10.1. The lowest BCUT2D eigenvalue weighted by Crippen LogP contribution is -2.37. The third-order valence-electron chi connectivity index (χ3n) is 4.35. The van der Waals surface area contributed by atoms with Crippen LogP contribution in [0.1, 0.15) is 39.6 Å². The molecule has 1 unspecified atom stereocenters. The number of benzene rings is 1. The monoisotopic (exact) mass is 308 g/mol. The SMILES string of the molecule is C=CCN(C(=O)c1ccc(C)[nH]c1=O)C1CCc2ccccc21. The van der Waals surface area contributed by atoms with E-state index in [1.807, 2.05) is 12.1 Å². The van der Waals surface area contributed by atoms with Crippen molar-refractivity contribution in [3.05, 3.63) is 81.8 Å². The van der Waals surface area contributed by atoms with Gasteiger partial charge in [-0.15, -0.1) is 6.58 Å². The number of rotatable bonds is 4. The maximum absolute atomic E-state index is 12.9. The van der Waals surface area contributed by atoms with Gasteiger partial charge in [-0.1, -0.05) is 30.3 Å². The van der Waals surface area contributed by atoms with E-state index >= 15 is 0 Å². The van der Waals surface area contributed by atoms with Crippen molar-refractivity contribution in [1.82, 2.24) is 9.88 Å². The zero-order valence-corrected chi connectivity index (χ0v) is 13.2. The smallest absolute Gasteiger partial charge is 0.260 e. The Kier molecular flexibility index (Phi) is 4.15. The Labute approximate surface area is 135 Å². The van der Waals surface area contributed by atoms with Crippen molar-refractivity contribution in [3.63, 3.8) is 0 Å². The van der Waals surface area contributed by atoms with Crippen molar-refractivity contribution in [2.24, 2.45) is 0 Å². The molecule has 1 atom stereocenters. The average Bonchev–Trinajstić information content (AvgIpc) is 2.96. The molecule has 0 spiro atoms. The maximum atomic E-state index is 12.9. The molecule has 1 aromatic heterocycles. The molecule has 4 nitrogen and oxygen atoms in total. The van der Waals surface area contributed by atoms with E-state index in [0.717, 1.165) is 18.5 Å². The number of carbonyl (C=O) groups is 1. The number of hydrogen-bond donors (Lipinski definition) is 1. The Morgan fingerprint density at radius 2 is 2.13 bits per heavy atom. The van der Waals surface area contributed by atoms with Crippen LogP contribution >= 0.6 is 0 Å². The summed E-state index contributed by atoms with van der Waals surface area (Å²) in [6.45, 7) is 5.98. The number of fused-ring (bicyclic) bond motifs is 1. The van der Waals surface area contributed by atoms with Gasteiger partial charge in [-0.05, 0) is 43.0 Å². The molecule has 1 N–H and O–H groups in total. The highest BCUT2D eigenvalue weighted by Crippen LogP contribution is 2.36. The summed E-state index contributed by atoms with van der Waals surface area (Å²) in [5.74, 6) is -0.243. The summed E-state index contributed by atoms with van der Waals surface area (Å²) < 4.78 is 0. The molecule has 0 saturated carbocycles. The van der Waals surface area contributed by atoms with Crippen LogP contribution in [0, 0.1) is 6.92 Å². The first-order valence-electron chi connectivity index (χ1n) is 7.81. The molecule has 118 valence electrons. The third kappa shape index (κ3) is 2.84. The molecular formula is C19H20N2O2. The first-order valence-corrected chi connectivity index (χ1v) is 7.81. The highest BCUT2D eigenvalue weighted by molar-refractivity contribution is 5.94. The molecule has 0 saturated heterocycles. The minimum Gasteiger partial charge on any atom is -0.328 e. The lowest BCUT2D eigenvalue weighted by molar-refractivity contribution is 0.0699. The molecular weight excluding hydrogens is 288 g/mol. The Morgan fingerprint density at radius 1 is 1.35 bits per heavy atom. The Bertz CT molecular complexity index is 807. The average molecular weight is 308 g/mol. The van der Waals surface area contributed by atoms with Gasteiger partial charge in [-0.2, -0.15) is 0 Å². The molecule has 1 aromatic carbocycles. The zero-order chi connectivity index (χ0) is 16.4. The zero-order valence-electron chi connectivity index (χ0n) is 13.2. The summed E-state index contributed by atoms with van der Waals surface area (Å²) in [7, 11) is 0. The number of aromatic nitrogens is 1. The number of aromatic amines is 1. The molecule has 23 heavy (non-hydrogen) atoms. The number of carbonyl (C=O) groups excluding carboxylic acids is 1. The normalized spacial score (nSPS) is 16.0. The van der Waals surface area contributed by atoms with Gasteiger partial charge in [-0.25, -0.2) is 0 Å². The number of nitrogens with zero attached hydrogens (tertiary/aromatic N) is 1. The van der Waals surface area contributed by atoms with Crippen molar-refractivity contribution < 1.29 is 4.79 Å². The quantitative estimate of drug-likeness (QED) is 0.883. The van der Waals surface area contributed by atoms with Crippen LogP contribution in [0.25, 0.3) is 0 Å². The van der Waals surface area contributed by atoms with Crippen LogP contribution in [-0.4, -0.2) is 22.3 Å². The number of H-pyrrole nitrogens is 1. The number of nitrogens with one attached hydrogen (secondary N) is 1. The second-order valence-electron chi connectivity index (χ2n) is 5.88. The predicted octanol–water partition coefficient (Wildman–Crippen LogP) is 3.00. The van der Waals surface area contributed by atoms with Gasteiger partial charge in [-0.3, -0.25) is 9.59 Å². The maximum Gasteiger partial charge on any atom is 0.260 e. The van der Waals surface area contributed by atoms with E-state index in [2.05, 4.69) is 23.7 Å². The van der Waals surface area contributed by atoms with Gasteiger partial charge in [0.05, 0.1) is 6.04 Å². The van der Waals surface area contributed by atoms with Gasteiger partial charge in [0.15, 0.2) is 0 Å². The molecule has 4 heteroatoms. The fourth-order valence-electron chi connectivity index (χ4n) is 3.24. The summed E-state index contributed by atoms with van der Waals surface area (Å²) in [5, 5.41) is 0. The van der Waals surface area contributed by atoms with Crippen LogP contribution in [-0.2, 0) is 6.42 Å². The van der Waals surface area contributed by atoms with Crippen LogP contribution in [0.4, 0.5) is 0 Å². The Balaban J connectivity index is 1.98. The molecule has 0 fully saturated rings. The van der Waals surface area contributed by atoms with Crippen molar-refractivity contribution in [2.45, 2.75) is 25.8 Å². The van der Waals surface area contributed by atoms with E-state index in [1.54, 1.807) is 30.0 Å². The van der Waals surface area contributed by atoms with E-state index in [0.29, 0.717) is 6.54 Å². The van der Waals surface area contributed by atoms with Crippen LogP contribution in [0.2, 0.25) is 0 Å². The van der Waals surface area contributed by atoms with Gasteiger partial charge in [0.1, 0.15) is 5.56 Å². The van der Waals surface area contributed by atoms with Crippen molar-refractivity contribution in [2.75, 3.05) is 6.54 Å². The van der Waals surface area contributed by atoms with Gasteiger partial charge >= 0.3 is 0 Å². The van der Waals surface area contributed by atoms with Crippen molar-refractivity contribution in [3.8, 4) is 0 Å². The van der Waals surface area contributed by atoms with Crippen LogP contribution < -0.4 is 5.56 Å². The standard InChI is InChI=1S/C19H20N2O2/c1-3-12-21(17-11-9-14-6-4-5-7-15(14)17)19(23)16-10-8-13(2)20-18(16)22/h3-8,10,17H,1,9,11-12H2,2H3,(H,20,22). The minimum atomic E-state index is -0.338. The summed E-state index contributed by atoms with van der Waals surface area (Å²) >= 11 is 0. The van der Waals surface area contributed by atoms with E-state index in [-0.39, 0.29) is 23.1 Å². The molecule has 1 amide bonds. The molecule has 1 aliphatic carbocycles. The second kappa shape index (κ2) is 6.24. The van der Waals surface area contributed by atoms with Gasteiger partial charge < -0.3 is 9.88 Å². The highest BCUT2D eigenvalue weighted by atomic mass is 16.2. The number of hydrogen-bond acceptors (Lipinski definition) is 2. The molecule has 1 aliphatic rings. The van der Waals surface area contributed by atoms with Crippen LogP contribution in [0.15, 0.2) is 53.8 Å². The lowest BCUT2D eigenvalue weighted by Gasteiger charge is -2.28. The number of amides is 1. The summed E-state index contributed by atoms with van der Waals surface area (Å²) in [5.41, 5.74) is 3.04. The second-order valence-corrected chi connectivity index (χ2v) is 5.88. The van der Waals surface area contributed by atoms with E-state index in [1.165, 1.54) is 11.1 Å². The Morgan fingerprint density at radius 3 is 2.87 bits per heavy atom. The first kappa shape index (κ1) is 15.3. The fraction of sp³-hybridized carbons (Fsp3) is 0.263. The van der Waals surface area contributed by atoms with E-state index in [4.69, 9.17) is 0 Å². The van der Waals surface area contributed by atoms with Gasteiger partial charge in [0, 0.05) is 12.2 Å². The molecule has 0 bridgehead atoms. The first-order chi connectivity index (χ1) is 11.1. The molecule has 1 heterocycles. The number of pyridine rings is 1. The molecule has 0 radical (unpaired) electrons. The molecule has 3 rings (SSSR count). The topological polar surface area (TPSA) is 53.2 Å². The largest absolute Gasteiger partial charge is 0.328 e. The molecule has 0 aliphatic heterocycles. The summed E-state index contributed by atoms with van der Waals surface area (Å²) in [6, 6.07) is 11.5. The number of aryl methyl sites for hydroxylation is 2. The summed E-state index contributed by atoms with van der Waals surface area (Å²) in [4.78, 5) is 29.5. The van der Waals surface area contributed by atoms with Gasteiger partial charge in [0.25, 0.3) is 11.5 Å².